The van der Waals surface area contributed by atoms with Crippen LogP contribution < -0.4 is 0 Å². The molecule has 3 heterocycles. The average Bonchev–Trinajstić information content (AvgIpc) is 3.55. The van der Waals surface area contributed by atoms with Gasteiger partial charge in [0.15, 0.2) is 0 Å². The van der Waals surface area contributed by atoms with Crippen LogP contribution in [0.15, 0.2) is 73.2 Å². The van der Waals surface area contributed by atoms with Crippen LogP contribution in [-0.2, 0) is 0 Å². The van der Waals surface area contributed by atoms with Crippen LogP contribution in [-0.4, -0.2) is 13.7 Å². The number of rotatable bonds is 6. The Morgan fingerprint density at radius 3 is 0.950 bits per heavy atom. The Morgan fingerprint density at radius 2 is 0.700 bits per heavy atom. The molecule has 0 atom stereocenters. The van der Waals surface area contributed by atoms with Gasteiger partial charge in [0.1, 0.15) is 0 Å². The van der Waals surface area contributed by atoms with Crippen molar-refractivity contribution in [2.45, 2.75) is 86.4 Å². The molecule has 0 N–H and O–H groups in total. The highest BCUT2D eigenvalue weighted by atomic mass is 15.0. The Morgan fingerprint density at radius 1 is 0.425 bits per heavy atom. The molecule has 0 spiro atoms. The van der Waals surface area contributed by atoms with Gasteiger partial charge in [-0.3, -0.25) is 0 Å². The van der Waals surface area contributed by atoms with Crippen LogP contribution in [0.1, 0.15) is 99.0 Å². The molecular weight excluding hydrogens is 486 g/mol. The van der Waals surface area contributed by atoms with Crippen molar-refractivity contribution in [3.8, 4) is 0 Å². The molecular formula is C37H43N3. The van der Waals surface area contributed by atoms with Crippen LogP contribution in [0, 0.1) is 20.8 Å². The molecule has 0 aliphatic rings. The molecule has 0 fully saturated rings. The first-order chi connectivity index (χ1) is 19.0. The van der Waals surface area contributed by atoms with Gasteiger partial charge in [0, 0.05) is 75.3 Å². The topological polar surface area (TPSA) is 14.8 Å². The summed E-state index contributed by atoms with van der Waals surface area (Å²) in [5.41, 5.74) is 12.0. The van der Waals surface area contributed by atoms with Crippen molar-refractivity contribution in [2.75, 3.05) is 0 Å². The Labute approximate surface area is 239 Å². The molecule has 40 heavy (non-hydrogen) atoms. The molecule has 3 aromatic heterocycles. The van der Waals surface area contributed by atoms with Gasteiger partial charge >= 0.3 is 0 Å². The number of benzene rings is 3. The minimum Gasteiger partial charge on any atom is -0.345 e. The van der Waals surface area contributed by atoms with E-state index < -0.39 is 0 Å². The van der Waals surface area contributed by atoms with Crippen molar-refractivity contribution in [1.29, 1.82) is 0 Å². The molecule has 0 bridgehead atoms. The summed E-state index contributed by atoms with van der Waals surface area (Å²) in [4.78, 5) is 0. The molecule has 0 amide bonds. The van der Waals surface area contributed by atoms with Gasteiger partial charge < -0.3 is 13.7 Å². The van der Waals surface area contributed by atoms with Crippen LogP contribution in [0.25, 0.3) is 32.7 Å². The van der Waals surface area contributed by atoms with Gasteiger partial charge in [-0.25, -0.2) is 0 Å². The Balaban J connectivity index is 1.59. The third-order valence-corrected chi connectivity index (χ3v) is 8.84. The predicted octanol–water partition coefficient (Wildman–Crippen LogP) is 10.4. The minimum absolute atomic E-state index is 0.142. The van der Waals surface area contributed by atoms with E-state index in [1.54, 1.807) is 0 Å². The normalized spacial score (nSPS) is 12.5. The second-order valence-corrected chi connectivity index (χ2v) is 12.7. The van der Waals surface area contributed by atoms with E-state index >= 15 is 0 Å². The van der Waals surface area contributed by atoms with Crippen molar-refractivity contribution in [3.05, 3.63) is 107 Å². The maximum atomic E-state index is 2.45. The highest BCUT2D eigenvalue weighted by Crippen LogP contribution is 2.39. The molecule has 3 nitrogen and oxygen atoms in total. The van der Waals surface area contributed by atoms with E-state index in [4.69, 9.17) is 0 Å². The summed E-state index contributed by atoms with van der Waals surface area (Å²) in [6.45, 7) is 20.3. The van der Waals surface area contributed by atoms with E-state index in [2.05, 4.69) is 149 Å². The van der Waals surface area contributed by atoms with E-state index in [-0.39, 0.29) is 5.92 Å². The van der Waals surface area contributed by atoms with Crippen LogP contribution in [0.3, 0.4) is 0 Å². The van der Waals surface area contributed by atoms with Gasteiger partial charge in [-0.1, -0.05) is 18.2 Å². The molecule has 206 valence electrons. The SMILES string of the molecule is Cc1cn(C(C)C)c2ccc(C(c3ccc4c(c3)c(C)cn4C(C)C)c3ccc4c(c3)c(C)cn4C(C)C)cc12. The van der Waals surface area contributed by atoms with E-state index in [0.29, 0.717) is 18.1 Å². The van der Waals surface area contributed by atoms with E-state index in [9.17, 15) is 0 Å². The van der Waals surface area contributed by atoms with Crippen molar-refractivity contribution in [1.82, 2.24) is 13.7 Å². The molecule has 0 aliphatic carbocycles. The molecule has 0 saturated heterocycles. The minimum atomic E-state index is 0.142. The second-order valence-electron chi connectivity index (χ2n) is 12.7. The average molecular weight is 530 g/mol. The fourth-order valence-electron chi connectivity index (χ4n) is 6.72. The third-order valence-electron chi connectivity index (χ3n) is 8.84. The third kappa shape index (κ3) is 4.18. The van der Waals surface area contributed by atoms with Crippen molar-refractivity contribution < 1.29 is 0 Å². The van der Waals surface area contributed by atoms with Crippen molar-refractivity contribution in [3.63, 3.8) is 0 Å². The largest absolute Gasteiger partial charge is 0.345 e. The molecule has 3 aromatic carbocycles. The lowest BCUT2D eigenvalue weighted by Crippen LogP contribution is -2.05. The van der Waals surface area contributed by atoms with Crippen LogP contribution in [0.4, 0.5) is 0 Å². The fourth-order valence-corrected chi connectivity index (χ4v) is 6.72. The molecule has 0 aliphatic heterocycles. The van der Waals surface area contributed by atoms with Crippen molar-refractivity contribution >= 4 is 32.7 Å². The van der Waals surface area contributed by atoms with Gasteiger partial charge in [0.05, 0.1) is 0 Å². The molecule has 0 saturated carbocycles. The zero-order valence-electron chi connectivity index (χ0n) is 25.6. The van der Waals surface area contributed by atoms with E-state index in [1.807, 2.05) is 0 Å². The highest BCUT2D eigenvalue weighted by molar-refractivity contribution is 5.88. The van der Waals surface area contributed by atoms with Gasteiger partial charge in [0.25, 0.3) is 0 Å². The van der Waals surface area contributed by atoms with Gasteiger partial charge in [0.2, 0.25) is 0 Å². The van der Waals surface area contributed by atoms with Crippen molar-refractivity contribution in [2.24, 2.45) is 0 Å². The standard InChI is InChI=1S/C37H43N3/c1-22(2)38-19-25(7)31-16-28(10-13-34(31)38)37(29-11-14-35-32(17-29)26(8)20-39(35)23(3)4)30-12-15-36-33(18-30)27(9)21-40(36)24(5)6/h10-24,37H,1-9H3. The smallest absolute Gasteiger partial charge is 0.0485 e. The summed E-state index contributed by atoms with van der Waals surface area (Å²) in [5, 5.41) is 4.05. The Hall–Kier alpha value is -3.72. The fraction of sp³-hybridized carbons (Fsp3) is 0.351. The lowest BCUT2D eigenvalue weighted by atomic mass is 9.83. The number of hydrogen-bond donors (Lipinski definition) is 0. The maximum absolute atomic E-state index is 2.45. The number of nitrogens with zero attached hydrogens (tertiary/aromatic N) is 3. The van der Waals surface area contributed by atoms with Crippen LogP contribution >= 0.6 is 0 Å². The first-order valence-electron chi connectivity index (χ1n) is 14.9. The summed E-state index contributed by atoms with van der Waals surface area (Å²) >= 11 is 0. The lowest BCUT2D eigenvalue weighted by Gasteiger charge is -2.21. The molecule has 6 aromatic rings. The van der Waals surface area contributed by atoms with Gasteiger partial charge in [-0.05, 0) is 132 Å². The quantitative estimate of drug-likeness (QED) is 0.191. The second kappa shape index (κ2) is 9.73. The predicted molar refractivity (Wildman–Crippen MR) is 172 cm³/mol. The molecule has 0 radical (unpaired) electrons. The lowest BCUT2D eigenvalue weighted by molar-refractivity contribution is 0.622. The van der Waals surface area contributed by atoms with E-state index in [1.165, 1.54) is 66.1 Å². The summed E-state index contributed by atoms with van der Waals surface area (Å²) < 4.78 is 7.20. The van der Waals surface area contributed by atoms with Gasteiger partial charge in [-0.15, -0.1) is 0 Å². The summed E-state index contributed by atoms with van der Waals surface area (Å²) in [6.07, 6.45) is 6.92. The zero-order chi connectivity index (χ0) is 28.5. The first-order valence-corrected chi connectivity index (χ1v) is 14.9. The van der Waals surface area contributed by atoms with Crippen LogP contribution in [0.2, 0.25) is 0 Å². The maximum Gasteiger partial charge on any atom is 0.0485 e. The number of hydrogen-bond acceptors (Lipinski definition) is 0. The molecule has 0 unspecified atom stereocenters. The van der Waals surface area contributed by atoms with Crippen LogP contribution in [0.5, 0.6) is 0 Å². The highest BCUT2D eigenvalue weighted by Gasteiger charge is 2.22. The molecule has 3 heteroatoms. The summed E-state index contributed by atoms with van der Waals surface area (Å²) in [7, 11) is 0. The monoisotopic (exact) mass is 529 g/mol. The Kier molecular flexibility index (Phi) is 6.45. The number of aromatic nitrogens is 3. The Bertz CT molecular complexity index is 1650. The van der Waals surface area contributed by atoms with Gasteiger partial charge in [-0.2, -0.15) is 0 Å². The number of aryl methyl sites for hydroxylation is 3. The molecule has 6 rings (SSSR count). The number of fused-ring (bicyclic) bond motifs is 3. The zero-order valence-corrected chi connectivity index (χ0v) is 25.6. The summed E-state index contributed by atoms with van der Waals surface area (Å²) in [5.74, 6) is 0.142. The summed E-state index contributed by atoms with van der Waals surface area (Å²) in [6, 6.07) is 22.7. The first kappa shape index (κ1) is 26.5. The van der Waals surface area contributed by atoms with E-state index in [0.717, 1.165) is 0 Å².